The van der Waals surface area contributed by atoms with E-state index in [4.69, 9.17) is 14.0 Å². The molecule has 2 aromatic carbocycles. The number of carbonyl (C=O) groups is 1. The van der Waals surface area contributed by atoms with E-state index in [1.165, 1.54) is 5.56 Å². The van der Waals surface area contributed by atoms with Crippen molar-refractivity contribution in [1.29, 1.82) is 0 Å². The molecule has 8 nitrogen and oxygen atoms in total. The number of ether oxygens (including phenoxy) is 2. The van der Waals surface area contributed by atoms with E-state index in [0.29, 0.717) is 31.5 Å². The van der Waals surface area contributed by atoms with E-state index >= 15 is 0 Å². The van der Waals surface area contributed by atoms with Gasteiger partial charge in [-0.25, -0.2) is 0 Å². The standard InChI is InChI=1S/C25H28N4O4/c1-31-20-9-7-18(8-10-20)23-27-25(33-28-23)29-14-12-19(13-15-29)24(30)26-16-21-11-6-17-4-2-3-5-22(17)32-21/h2-5,7-10,19,21H,6,11-16H2,1H3,(H,26,30). The predicted molar refractivity (Wildman–Crippen MR) is 123 cm³/mol. The number of carbonyl (C=O) groups excluding carboxylic acids is 1. The van der Waals surface area contributed by atoms with Crippen LogP contribution in [-0.2, 0) is 11.2 Å². The Morgan fingerprint density at radius 3 is 2.70 bits per heavy atom. The highest BCUT2D eigenvalue weighted by Gasteiger charge is 2.28. The van der Waals surface area contributed by atoms with Crippen molar-refractivity contribution >= 4 is 11.9 Å². The molecule has 172 valence electrons. The van der Waals surface area contributed by atoms with E-state index in [0.717, 1.165) is 42.7 Å². The molecule has 2 aliphatic heterocycles. The van der Waals surface area contributed by atoms with Gasteiger partial charge in [0.05, 0.1) is 13.7 Å². The second kappa shape index (κ2) is 9.52. The van der Waals surface area contributed by atoms with Crippen LogP contribution >= 0.6 is 0 Å². The van der Waals surface area contributed by atoms with Gasteiger partial charge in [0.25, 0.3) is 0 Å². The molecule has 0 spiro atoms. The normalized spacial score (nSPS) is 18.3. The lowest BCUT2D eigenvalue weighted by Crippen LogP contribution is -2.44. The molecule has 1 atom stereocenters. The van der Waals surface area contributed by atoms with Crippen molar-refractivity contribution in [3.05, 3.63) is 54.1 Å². The van der Waals surface area contributed by atoms with Gasteiger partial charge in [0.1, 0.15) is 17.6 Å². The summed E-state index contributed by atoms with van der Waals surface area (Å²) in [6.45, 7) is 1.95. The molecule has 1 unspecified atom stereocenters. The molecule has 1 N–H and O–H groups in total. The van der Waals surface area contributed by atoms with Gasteiger partial charge < -0.3 is 24.2 Å². The molecular formula is C25H28N4O4. The molecule has 3 aromatic rings. The molecule has 0 radical (unpaired) electrons. The van der Waals surface area contributed by atoms with E-state index in [1.807, 2.05) is 47.4 Å². The summed E-state index contributed by atoms with van der Waals surface area (Å²) in [4.78, 5) is 19.3. The van der Waals surface area contributed by atoms with Crippen LogP contribution in [0.5, 0.6) is 11.5 Å². The molecule has 8 heteroatoms. The molecule has 33 heavy (non-hydrogen) atoms. The Balaban J connectivity index is 1.10. The third-order valence-corrected chi connectivity index (χ3v) is 6.41. The van der Waals surface area contributed by atoms with Crippen molar-refractivity contribution in [3.8, 4) is 22.9 Å². The first kappa shape index (κ1) is 21.3. The van der Waals surface area contributed by atoms with Crippen LogP contribution in [0.4, 0.5) is 6.01 Å². The minimum atomic E-state index is -0.0129. The first-order chi connectivity index (χ1) is 16.2. The van der Waals surface area contributed by atoms with E-state index in [-0.39, 0.29) is 17.9 Å². The number of methoxy groups -OCH3 is 1. The Labute approximate surface area is 192 Å². The lowest BCUT2D eigenvalue weighted by atomic mass is 9.96. The number of benzene rings is 2. The number of nitrogens with zero attached hydrogens (tertiary/aromatic N) is 3. The highest BCUT2D eigenvalue weighted by Crippen LogP contribution is 2.28. The molecule has 2 aliphatic rings. The SMILES string of the molecule is COc1ccc(-c2noc(N3CCC(C(=O)NCC4CCc5ccccc5O4)CC3)n2)cc1. The maximum Gasteiger partial charge on any atom is 0.324 e. The van der Waals surface area contributed by atoms with E-state index in [2.05, 4.69) is 21.5 Å². The Bertz CT molecular complexity index is 1090. The molecule has 3 heterocycles. The number of para-hydroxylation sites is 1. The number of nitrogens with one attached hydrogen (secondary N) is 1. The van der Waals surface area contributed by atoms with E-state index in [1.54, 1.807) is 7.11 Å². The van der Waals surface area contributed by atoms with Crippen molar-refractivity contribution in [3.63, 3.8) is 0 Å². The Hall–Kier alpha value is -3.55. The average molecular weight is 449 g/mol. The largest absolute Gasteiger partial charge is 0.497 e. The quantitative estimate of drug-likeness (QED) is 0.618. The van der Waals surface area contributed by atoms with Gasteiger partial charge in [0.15, 0.2) is 0 Å². The maximum absolute atomic E-state index is 12.7. The van der Waals surface area contributed by atoms with Crippen LogP contribution < -0.4 is 19.7 Å². The molecular weight excluding hydrogens is 420 g/mol. The molecule has 0 aliphatic carbocycles. The van der Waals surface area contributed by atoms with Crippen molar-refractivity contribution in [1.82, 2.24) is 15.5 Å². The van der Waals surface area contributed by atoms with Crippen molar-refractivity contribution in [2.45, 2.75) is 31.8 Å². The Morgan fingerprint density at radius 1 is 1.12 bits per heavy atom. The summed E-state index contributed by atoms with van der Waals surface area (Å²) >= 11 is 0. The number of amides is 1. The summed E-state index contributed by atoms with van der Waals surface area (Å²) in [6.07, 6.45) is 3.43. The number of rotatable bonds is 6. The monoisotopic (exact) mass is 448 g/mol. The second-order valence-electron chi connectivity index (χ2n) is 8.52. The van der Waals surface area contributed by atoms with E-state index in [9.17, 15) is 4.79 Å². The van der Waals surface area contributed by atoms with Gasteiger partial charge in [0, 0.05) is 24.6 Å². The fraction of sp³-hybridized carbons (Fsp3) is 0.400. The third-order valence-electron chi connectivity index (χ3n) is 6.41. The zero-order valence-corrected chi connectivity index (χ0v) is 18.7. The number of anilines is 1. The summed E-state index contributed by atoms with van der Waals surface area (Å²) in [5, 5.41) is 7.21. The van der Waals surface area contributed by atoms with Gasteiger partial charge >= 0.3 is 6.01 Å². The van der Waals surface area contributed by atoms with Crippen LogP contribution in [0.1, 0.15) is 24.8 Å². The van der Waals surface area contributed by atoms with Crippen LogP contribution in [0.2, 0.25) is 0 Å². The number of aryl methyl sites for hydroxylation is 1. The predicted octanol–water partition coefficient (Wildman–Crippen LogP) is 3.47. The summed E-state index contributed by atoms with van der Waals surface area (Å²) < 4.78 is 16.7. The first-order valence-electron chi connectivity index (χ1n) is 11.4. The molecule has 1 amide bonds. The van der Waals surface area contributed by atoms with Crippen LogP contribution in [-0.4, -0.2) is 48.9 Å². The lowest BCUT2D eigenvalue weighted by molar-refractivity contribution is -0.126. The molecule has 5 rings (SSSR count). The van der Waals surface area contributed by atoms with Crippen molar-refractivity contribution in [2.24, 2.45) is 5.92 Å². The molecule has 0 saturated carbocycles. The zero-order valence-electron chi connectivity index (χ0n) is 18.7. The fourth-order valence-corrected chi connectivity index (χ4v) is 4.42. The summed E-state index contributed by atoms with van der Waals surface area (Å²) in [5.74, 6) is 2.34. The number of hydrogen-bond donors (Lipinski definition) is 1. The minimum Gasteiger partial charge on any atom is -0.497 e. The second-order valence-corrected chi connectivity index (χ2v) is 8.52. The molecule has 1 aromatic heterocycles. The zero-order chi connectivity index (χ0) is 22.6. The number of aromatic nitrogens is 2. The number of piperidine rings is 1. The van der Waals surface area contributed by atoms with Gasteiger partial charge in [-0.3, -0.25) is 4.79 Å². The Kier molecular flexibility index (Phi) is 6.15. The van der Waals surface area contributed by atoms with Crippen LogP contribution in [0.25, 0.3) is 11.4 Å². The average Bonchev–Trinajstić information content (AvgIpc) is 3.38. The van der Waals surface area contributed by atoms with Gasteiger partial charge in [-0.1, -0.05) is 23.4 Å². The maximum atomic E-state index is 12.7. The third kappa shape index (κ3) is 4.79. The van der Waals surface area contributed by atoms with E-state index < -0.39 is 0 Å². The summed E-state index contributed by atoms with van der Waals surface area (Å²) in [5.41, 5.74) is 2.11. The lowest BCUT2D eigenvalue weighted by Gasteiger charge is -2.31. The van der Waals surface area contributed by atoms with Gasteiger partial charge in [-0.15, -0.1) is 0 Å². The van der Waals surface area contributed by atoms with Crippen LogP contribution in [0.15, 0.2) is 53.1 Å². The molecule has 0 bridgehead atoms. The van der Waals surface area contributed by atoms with Crippen LogP contribution in [0, 0.1) is 5.92 Å². The highest BCUT2D eigenvalue weighted by atomic mass is 16.5. The summed E-state index contributed by atoms with van der Waals surface area (Å²) in [6, 6.07) is 16.1. The van der Waals surface area contributed by atoms with Gasteiger partial charge in [-0.2, -0.15) is 4.98 Å². The fourth-order valence-electron chi connectivity index (χ4n) is 4.42. The molecule has 1 saturated heterocycles. The first-order valence-corrected chi connectivity index (χ1v) is 11.4. The van der Waals surface area contributed by atoms with Gasteiger partial charge in [0.2, 0.25) is 11.7 Å². The van der Waals surface area contributed by atoms with Crippen molar-refractivity contribution < 1.29 is 18.8 Å². The van der Waals surface area contributed by atoms with Gasteiger partial charge in [-0.05, 0) is 61.6 Å². The van der Waals surface area contributed by atoms with Crippen LogP contribution in [0.3, 0.4) is 0 Å². The smallest absolute Gasteiger partial charge is 0.324 e. The summed E-state index contributed by atoms with van der Waals surface area (Å²) in [7, 11) is 1.63. The Morgan fingerprint density at radius 2 is 1.91 bits per heavy atom. The number of fused-ring (bicyclic) bond motifs is 1. The van der Waals surface area contributed by atoms with Crippen molar-refractivity contribution in [2.75, 3.05) is 31.6 Å². The molecule has 1 fully saturated rings. The highest BCUT2D eigenvalue weighted by molar-refractivity contribution is 5.79. The topological polar surface area (TPSA) is 89.7 Å². The number of hydrogen-bond acceptors (Lipinski definition) is 7. The minimum absolute atomic E-state index is 0.0129.